The van der Waals surface area contributed by atoms with Crippen molar-refractivity contribution < 1.29 is 9.53 Å². The molecule has 1 amide bonds. The van der Waals surface area contributed by atoms with E-state index in [0.717, 1.165) is 32.5 Å². The van der Waals surface area contributed by atoms with Crippen LogP contribution in [-0.4, -0.2) is 37.1 Å². The maximum atomic E-state index is 11.4. The lowest BCUT2D eigenvalue weighted by atomic mass is 10.1. The molecule has 5 nitrogen and oxygen atoms in total. The fourth-order valence-electron chi connectivity index (χ4n) is 2.48. The lowest BCUT2D eigenvalue weighted by Gasteiger charge is -2.30. The minimum Gasteiger partial charge on any atom is -0.383 e. The predicted octanol–water partition coefficient (Wildman–Crippen LogP) is 1.93. The van der Waals surface area contributed by atoms with Gasteiger partial charge in [-0.3, -0.25) is 15.1 Å². The number of nitrogens with two attached hydrogens (primary N) is 1. The van der Waals surface area contributed by atoms with Crippen molar-refractivity contribution in [1.82, 2.24) is 10.3 Å². The molecule has 0 bridgehead atoms. The summed E-state index contributed by atoms with van der Waals surface area (Å²) in [6, 6.07) is 8.12. The second-order valence-corrected chi connectivity index (χ2v) is 5.10. The predicted molar refractivity (Wildman–Crippen MR) is 84.8 cm³/mol. The highest BCUT2D eigenvalue weighted by Crippen LogP contribution is 2.14. The zero-order valence-corrected chi connectivity index (χ0v) is 13.3. The molecule has 0 unspecified atom stereocenters. The maximum absolute atomic E-state index is 11.4. The number of hydrazine groups is 1. The van der Waals surface area contributed by atoms with E-state index in [0.29, 0.717) is 11.6 Å². The van der Waals surface area contributed by atoms with Crippen molar-refractivity contribution in [3.8, 4) is 0 Å². The van der Waals surface area contributed by atoms with Crippen molar-refractivity contribution in [2.45, 2.75) is 39.3 Å². The summed E-state index contributed by atoms with van der Waals surface area (Å²) in [5, 5.41) is 0. The van der Waals surface area contributed by atoms with Gasteiger partial charge in [0.2, 0.25) is 0 Å². The van der Waals surface area contributed by atoms with Gasteiger partial charge in [-0.2, -0.15) is 0 Å². The number of amides is 1. The van der Waals surface area contributed by atoms with Crippen molar-refractivity contribution in [1.29, 1.82) is 0 Å². The average Bonchev–Trinajstić information content (AvgIpc) is 2.53. The Hall–Kier alpha value is -1.43. The Morgan fingerprint density at radius 2 is 1.90 bits per heavy atom. The monoisotopic (exact) mass is 293 g/mol. The van der Waals surface area contributed by atoms with E-state index in [1.54, 1.807) is 19.2 Å². The molecule has 0 aliphatic rings. The van der Waals surface area contributed by atoms with Crippen molar-refractivity contribution in [2.75, 3.05) is 20.3 Å². The molecular weight excluding hydrogens is 266 g/mol. The third kappa shape index (κ3) is 5.46. The van der Waals surface area contributed by atoms with Gasteiger partial charge < -0.3 is 4.74 Å². The Kier molecular flexibility index (Phi) is 7.97. The molecule has 1 aromatic carbocycles. The molecule has 0 radical (unpaired) electrons. The van der Waals surface area contributed by atoms with Crippen molar-refractivity contribution >= 4 is 5.91 Å². The van der Waals surface area contributed by atoms with Crippen LogP contribution < -0.4 is 11.3 Å². The van der Waals surface area contributed by atoms with Crippen molar-refractivity contribution in [2.24, 2.45) is 5.84 Å². The molecule has 118 valence electrons. The number of carbonyl (C=O) groups is 1. The number of nitrogens with one attached hydrogen (secondary N) is 1. The first kappa shape index (κ1) is 17.6. The Labute approximate surface area is 127 Å². The molecule has 0 heterocycles. The summed E-state index contributed by atoms with van der Waals surface area (Å²) in [6.07, 6.45) is 2.24. The highest BCUT2D eigenvalue weighted by Gasteiger charge is 2.15. The van der Waals surface area contributed by atoms with E-state index >= 15 is 0 Å². The first-order valence-electron chi connectivity index (χ1n) is 7.49. The lowest BCUT2D eigenvalue weighted by Crippen LogP contribution is -2.36. The molecule has 0 aliphatic carbocycles. The van der Waals surface area contributed by atoms with Gasteiger partial charge in [0.05, 0.1) is 6.61 Å². The molecule has 0 atom stereocenters. The number of hydrogen-bond donors (Lipinski definition) is 2. The van der Waals surface area contributed by atoms with Crippen LogP contribution in [0.15, 0.2) is 24.3 Å². The third-order valence-corrected chi connectivity index (χ3v) is 3.77. The number of nitrogen functional groups attached to an aromatic ring is 1. The van der Waals surface area contributed by atoms with Gasteiger partial charge in [0.25, 0.3) is 5.91 Å². The molecule has 0 fully saturated rings. The average molecular weight is 293 g/mol. The smallest absolute Gasteiger partial charge is 0.265 e. The number of methoxy groups -OCH3 is 1. The van der Waals surface area contributed by atoms with E-state index in [1.807, 2.05) is 12.1 Å². The molecule has 1 rings (SSSR count). The van der Waals surface area contributed by atoms with Gasteiger partial charge in [-0.05, 0) is 30.5 Å². The topological polar surface area (TPSA) is 67.6 Å². The molecule has 1 aromatic rings. The Morgan fingerprint density at radius 1 is 1.29 bits per heavy atom. The van der Waals surface area contributed by atoms with E-state index in [1.165, 1.54) is 5.56 Å². The normalized spacial score (nSPS) is 11.1. The minimum atomic E-state index is -0.266. The number of rotatable bonds is 9. The summed E-state index contributed by atoms with van der Waals surface area (Å²) in [5.74, 6) is 4.87. The van der Waals surface area contributed by atoms with Gasteiger partial charge in [-0.1, -0.05) is 26.0 Å². The fraction of sp³-hybridized carbons (Fsp3) is 0.562. The summed E-state index contributed by atoms with van der Waals surface area (Å²) in [7, 11) is 1.73. The summed E-state index contributed by atoms with van der Waals surface area (Å²) >= 11 is 0. The molecule has 0 saturated heterocycles. The van der Waals surface area contributed by atoms with Crippen LogP contribution in [0.2, 0.25) is 0 Å². The maximum Gasteiger partial charge on any atom is 0.265 e. The fourth-order valence-corrected chi connectivity index (χ4v) is 2.48. The van der Waals surface area contributed by atoms with Crippen molar-refractivity contribution in [3.63, 3.8) is 0 Å². The van der Waals surface area contributed by atoms with Crippen LogP contribution in [0.1, 0.15) is 42.6 Å². The Balaban J connectivity index is 2.75. The second-order valence-electron chi connectivity index (χ2n) is 5.10. The van der Waals surface area contributed by atoms with Crippen molar-refractivity contribution in [3.05, 3.63) is 35.4 Å². The Morgan fingerprint density at radius 3 is 2.38 bits per heavy atom. The quantitative estimate of drug-likeness (QED) is 0.415. The molecule has 0 saturated carbocycles. The molecule has 5 heteroatoms. The van der Waals surface area contributed by atoms with E-state index < -0.39 is 0 Å². The van der Waals surface area contributed by atoms with Gasteiger partial charge in [0.1, 0.15) is 0 Å². The SMILES string of the molecule is CCC(CC)N(CCOC)Cc1ccc(C(=O)NN)cc1. The first-order valence-corrected chi connectivity index (χ1v) is 7.49. The summed E-state index contributed by atoms with van der Waals surface area (Å²) in [4.78, 5) is 13.9. The molecule has 0 aliphatic heterocycles. The van der Waals surface area contributed by atoms with Gasteiger partial charge in [-0.25, -0.2) is 5.84 Å². The summed E-state index contributed by atoms with van der Waals surface area (Å²) in [6.45, 7) is 6.92. The molecular formula is C16H27N3O2. The molecule has 21 heavy (non-hydrogen) atoms. The van der Waals surface area contributed by atoms with E-state index in [9.17, 15) is 4.79 Å². The van der Waals surface area contributed by atoms with Gasteiger partial charge in [0.15, 0.2) is 0 Å². The standard InChI is InChI=1S/C16H27N3O2/c1-4-15(5-2)19(10-11-21-3)12-13-6-8-14(9-7-13)16(20)18-17/h6-9,15H,4-5,10-12,17H2,1-3H3,(H,18,20). The minimum absolute atomic E-state index is 0.266. The summed E-state index contributed by atoms with van der Waals surface area (Å²) in [5.41, 5.74) is 3.90. The van der Waals surface area contributed by atoms with E-state index in [2.05, 4.69) is 24.2 Å². The molecule has 0 aromatic heterocycles. The molecule has 0 spiro atoms. The first-order chi connectivity index (χ1) is 10.2. The highest BCUT2D eigenvalue weighted by atomic mass is 16.5. The van der Waals surface area contributed by atoms with Gasteiger partial charge in [0, 0.05) is 31.8 Å². The van der Waals surface area contributed by atoms with Gasteiger partial charge >= 0.3 is 0 Å². The lowest BCUT2D eigenvalue weighted by molar-refractivity contribution is 0.0953. The van der Waals surface area contributed by atoms with Gasteiger partial charge in [-0.15, -0.1) is 0 Å². The van der Waals surface area contributed by atoms with Crippen LogP contribution in [0.25, 0.3) is 0 Å². The third-order valence-electron chi connectivity index (χ3n) is 3.77. The number of nitrogens with zero attached hydrogens (tertiary/aromatic N) is 1. The second kappa shape index (κ2) is 9.50. The van der Waals surface area contributed by atoms with Crippen LogP contribution in [0.3, 0.4) is 0 Å². The summed E-state index contributed by atoms with van der Waals surface area (Å²) < 4.78 is 5.21. The van der Waals surface area contributed by atoms with Crippen LogP contribution in [0.4, 0.5) is 0 Å². The number of hydrogen-bond acceptors (Lipinski definition) is 4. The zero-order chi connectivity index (χ0) is 15.7. The number of benzene rings is 1. The van der Waals surface area contributed by atoms with Crippen LogP contribution in [-0.2, 0) is 11.3 Å². The number of carbonyl (C=O) groups excluding carboxylic acids is 1. The van der Waals surface area contributed by atoms with E-state index in [4.69, 9.17) is 10.6 Å². The molecule has 3 N–H and O–H groups in total. The van der Waals surface area contributed by atoms with Crippen LogP contribution in [0, 0.1) is 0 Å². The number of ether oxygens (including phenoxy) is 1. The highest BCUT2D eigenvalue weighted by molar-refractivity contribution is 5.93. The zero-order valence-electron chi connectivity index (χ0n) is 13.3. The Bertz CT molecular complexity index is 416. The van der Waals surface area contributed by atoms with E-state index in [-0.39, 0.29) is 5.91 Å². The largest absolute Gasteiger partial charge is 0.383 e. The van der Waals surface area contributed by atoms with Crippen LogP contribution in [0.5, 0.6) is 0 Å². The van der Waals surface area contributed by atoms with Crippen LogP contribution >= 0.6 is 0 Å².